The molecule has 12 heavy (non-hydrogen) atoms. The maximum Gasteiger partial charge on any atom is 0.325 e. The number of hydrogen-bond donors (Lipinski definition) is 2. The summed E-state index contributed by atoms with van der Waals surface area (Å²) in [6.07, 6.45) is -0.277. The van der Waals surface area contributed by atoms with E-state index in [-0.39, 0.29) is 6.42 Å². The normalized spacial score (nSPS) is 11.8. The molecule has 3 N–H and O–H groups in total. The average molecular weight is 173 g/mol. The Morgan fingerprint density at radius 3 is 2.42 bits per heavy atom. The summed E-state index contributed by atoms with van der Waals surface area (Å²) in [6, 6.07) is 0. The van der Waals surface area contributed by atoms with Crippen molar-refractivity contribution >= 4 is 11.9 Å². The van der Waals surface area contributed by atoms with Crippen LogP contribution >= 0.6 is 0 Å². The molecule has 0 spiro atoms. The van der Waals surface area contributed by atoms with Gasteiger partial charge in [-0.3, -0.25) is 9.59 Å². The summed E-state index contributed by atoms with van der Waals surface area (Å²) in [4.78, 5) is 24.9. The fourth-order valence-corrected chi connectivity index (χ4v) is 0.687. The van der Waals surface area contributed by atoms with Crippen molar-refractivity contribution < 1.29 is 19.5 Å². The molecule has 0 aliphatic heterocycles. The molecule has 0 aromatic carbocycles. The minimum Gasteiger partial charge on any atom is -0.481 e. The minimum atomic E-state index is -1.10. The lowest BCUT2D eigenvalue weighted by Gasteiger charge is -2.08. The molecule has 0 rings (SSSR count). The molecule has 1 unspecified atom stereocenters. The summed E-state index contributed by atoms with van der Waals surface area (Å²) in [5.74, 6) is 1.77. The van der Waals surface area contributed by atoms with Crippen LogP contribution in [0.4, 0.5) is 0 Å². The van der Waals surface area contributed by atoms with Crippen molar-refractivity contribution in [3.63, 3.8) is 0 Å². The summed E-state index contributed by atoms with van der Waals surface area (Å²) >= 11 is 0. The van der Waals surface area contributed by atoms with Gasteiger partial charge < -0.3 is 9.94 Å². The van der Waals surface area contributed by atoms with Crippen LogP contribution in [0.5, 0.6) is 0 Å². The number of carboxylic acid groups (broad SMARTS) is 1. The zero-order valence-corrected chi connectivity index (χ0v) is 6.74. The van der Waals surface area contributed by atoms with Crippen LogP contribution in [0.15, 0.2) is 12.2 Å². The fourth-order valence-electron chi connectivity index (χ4n) is 0.687. The van der Waals surface area contributed by atoms with Gasteiger partial charge in [0.15, 0.2) is 0 Å². The van der Waals surface area contributed by atoms with Gasteiger partial charge in [-0.25, -0.2) is 0 Å². The molecule has 0 aliphatic carbocycles. The molecule has 0 aromatic rings. The first-order chi connectivity index (χ1) is 5.49. The monoisotopic (exact) mass is 173 g/mol. The molecular weight excluding hydrogens is 162 g/mol. The SMILES string of the molecule is C=C(C)C(CC(=O)ON)C(=O)O. The van der Waals surface area contributed by atoms with E-state index in [2.05, 4.69) is 17.3 Å². The number of hydrogen-bond acceptors (Lipinski definition) is 4. The Hall–Kier alpha value is -1.36. The topological polar surface area (TPSA) is 89.6 Å². The van der Waals surface area contributed by atoms with Crippen molar-refractivity contribution in [2.24, 2.45) is 11.8 Å². The summed E-state index contributed by atoms with van der Waals surface area (Å²) in [7, 11) is 0. The van der Waals surface area contributed by atoms with Crippen molar-refractivity contribution in [2.75, 3.05) is 0 Å². The molecule has 1 atom stereocenters. The van der Waals surface area contributed by atoms with Crippen LogP contribution in [0, 0.1) is 5.92 Å². The molecule has 0 saturated heterocycles. The van der Waals surface area contributed by atoms with Gasteiger partial charge in [0.05, 0.1) is 12.3 Å². The first-order valence-electron chi connectivity index (χ1n) is 3.26. The smallest absolute Gasteiger partial charge is 0.325 e. The molecule has 0 amide bonds. The maximum atomic E-state index is 10.6. The maximum absolute atomic E-state index is 10.6. The third kappa shape index (κ3) is 3.16. The van der Waals surface area contributed by atoms with E-state index in [1.165, 1.54) is 6.92 Å². The van der Waals surface area contributed by atoms with Crippen LogP contribution in [-0.2, 0) is 14.4 Å². The van der Waals surface area contributed by atoms with Crippen molar-refractivity contribution in [3.8, 4) is 0 Å². The molecule has 68 valence electrons. The minimum absolute atomic E-state index is 0.277. The number of aliphatic carboxylic acids is 1. The van der Waals surface area contributed by atoms with E-state index in [0.717, 1.165) is 0 Å². The van der Waals surface area contributed by atoms with E-state index in [1.54, 1.807) is 0 Å². The van der Waals surface area contributed by atoms with Gasteiger partial charge in [0.1, 0.15) is 0 Å². The van der Waals surface area contributed by atoms with E-state index in [4.69, 9.17) is 5.11 Å². The van der Waals surface area contributed by atoms with E-state index in [1.807, 2.05) is 0 Å². The Bertz CT molecular complexity index is 197. The first kappa shape index (κ1) is 10.6. The second-order valence-corrected chi connectivity index (χ2v) is 2.43. The highest BCUT2D eigenvalue weighted by molar-refractivity contribution is 5.80. The van der Waals surface area contributed by atoms with E-state index < -0.39 is 17.9 Å². The molecule has 5 heteroatoms. The second kappa shape index (κ2) is 4.50. The third-order valence-corrected chi connectivity index (χ3v) is 1.40. The van der Waals surface area contributed by atoms with Crippen LogP contribution in [-0.4, -0.2) is 17.0 Å². The Labute approximate surface area is 69.8 Å². The molecule has 0 aliphatic rings. The van der Waals surface area contributed by atoms with Crippen LogP contribution in [0.2, 0.25) is 0 Å². The van der Waals surface area contributed by atoms with Crippen molar-refractivity contribution in [1.29, 1.82) is 0 Å². The summed E-state index contributed by atoms with van der Waals surface area (Å²) in [5, 5.41) is 8.58. The predicted molar refractivity (Wildman–Crippen MR) is 40.8 cm³/mol. The first-order valence-corrected chi connectivity index (χ1v) is 3.26. The van der Waals surface area contributed by atoms with Gasteiger partial charge in [-0.2, -0.15) is 5.90 Å². The number of carbonyl (C=O) groups excluding carboxylic acids is 1. The fraction of sp³-hybridized carbons (Fsp3) is 0.429. The zero-order valence-electron chi connectivity index (χ0n) is 6.74. The zero-order chi connectivity index (χ0) is 9.72. The Kier molecular flexibility index (Phi) is 3.99. The Morgan fingerprint density at radius 2 is 2.17 bits per heavy atom. The summed E-state index contributed by atoms with van der Waals surface area (Å²) < 4.78 is 0. The van der Waals surface area contributed by atoms with E-state index in [0.29, 0.717) is 5.57 Å². The number of rotatable bonds is 4. The second-order valence-electron chi connectivity index (χ2n) is 2.43. The molecule has 0 fully saturated rings. The van der Waals surface area contributed by atoms with Gasteiger partial charge in [-0.1, -0.05) is 12.2 Å². The van der Waals surface area contributed by atoms with Gasteiger partial charge in [-0.05, 0) is 6.92 Å². The van der Waals surface area contributed by atoms with Gasteiger partial charge in [0.2, 0.25) is 0 Å². The van der Waals surface area contributed by atoms with Crippen molar-refractivity contribution in [3.05, 3.63) is 12.2 Å². The Balaban J connectivity index is 4.24. The lowest BCUT2D eigenvalue weighted by atomic mass is 9.99. The molecule has 0 bridgehead atoms. The molecule has 0 aromatic heterocycles. The van der Waals surface area contributed by atoms with Crippen LogP contribution in [0.3, 0.4) is 0 Å². The summed E-state index contributed by atoms with van der Waals surface area (Å²) in [6.45, 7) is 4.96. The van der Waals surface area contributed by atoms with Crippen molar-refractivity contribution in [2.45, 2.75) is 13.3 Å². The van der Waals surface area contributed by atoms with E-state index >= 15 is 0 Å². The predicted octanol–water partition coefficient (Wildman–Crippen LogP) is 0.0703. The van der Waals surface area contributed by atoms with Crippen molar-refractivity contribution in [1.82, 2.24) is 0 Å². The lowest BCUT2D eigenvalue weighted by Crippen LogP contribution is -2.21. The molecule has 0 heterocycles. The standard InChI is InChI=1S/C7H11NO4/c1-4(2)5(7(10)11)3-6(9)12-8/h5H,1,3,8H2,2H3,(H,10,11). The lowest BCUT2D eigenvalue weighted by molar-refractivity contribution is -0.150. The molecule has 0 radical (unpaired) electrons. The number of carboxylic acids is 1. The van der Waals surface area contributed by atoms with Gasteiger partial charge in [-0.15, -0.1) is 0 Å². The van der Waals surface area contributed by atoms with Gasteiger partial charge in [0, 0.05) is 0 Å². The Morgan fingerprint density at radius 1 is 1.67 bits per heavy atom. The highest BCUT2D eigenvalue weighted by Crippen LogP contribution is 2.13. The van der Waals surface area contributed by atoms with E-state index in [9.17, 15) is 9.59 Å². The quantitative estimate of drug-likeness (QED) is 0.463. The number of nitrogens with two attached hydrogens (primary N) is 1. The average Bonchev–Trinajstić information content (AvgIpc) is 1.98. The highest BCUT2D eigenvalue weighted by Gasteiger charge is 2.22. The van der Waals surface area contributed by atoms with Gasteiger partial charge >= 0.3 is 11.9 Å². The molecular formula is C7H11NO4. The van der Waals surface area contributed by atoms with Crippen LogP contribution < -0.4 is 5.90 Å². The largest absolute Gasteiger partial charge is 0.481 e. The summed E-state index contributed by atoms with van der Waals surface area (Å²) in [5.41, 5.74) is 0.396. The van der Waals surface area contributed by atoms with Crippen LogP contribution in [0.1, 0.15) is 13.3 Å². The molecule has 0 saturated carbocycles. The molecule has 5 nitrogen and oxygen atoms in total. The number of carbonyl (C=O) groups is 2. The highest BCUT2D eigenvalue weighted by atomic mass is 16.7. The third-order valence-electron chi connectivity index (χ3n) is 1.40. The van der Waals surface area contributed by atoms with Crippen LogP contribution in [0.25, 0.3) is 0 Å². The van der Waals surface area contributed by atoms with Gasteiger partial charge in [0.25, 0.3) is 0 Å².